The second-order valence-corrected chi connectivity index (χ2v) is 5.14. The molecule has 20 heavy (non-hydrogen) atoms. The number of nitrogens with zero attached hydrogens (tertiary/aromatic N) is 2. The van der Waals surface area contributed by atoms with Crippen LogP contribution in [0.4, 0.5) is 4.79 Å². The molecule has 8 nitrogen and oxygen atoms in total. The molecule has 1 heterocycles. The number of hydrogen-bond acceptors (Lipinski definition) is 6. The fraction of sp³-hybridized carbons (Fsp3) is 0.500. The van der Waals surface area contributed by atoms with Crippen LogP contribution in [0.1, 0.15) is 20.8 Å². The van der Waals surface area contributed by atoms with E-state index in [1.807, 2.05) is 0 Å². The van der Waals surface area contributed by atoms with Crippen molar-refractivity contribution < 1.29 is 29.4 Å². The Hall–Kier alpha value is -2.38. The van der Waals surface area contributed by atoms with Crippen molar-refractivity contribution in [3.63, 3.8) is 0 Å². The maximum absolute atomic E-state index is 11.6. The summed E-state index contributed by atoms with van der Waals surface area (Å²) in [6.45, 7) is 4.71. The van der Waals surface area contributed by atoms with Gasteiger partial charge in [0.05, 0.1) is 0 Å². The quantitative estimate of drug-likeness (QED) is 0.849. The molecular weight excluding hydrogens is 268 g/mol. The number of carbonyl (C=O) groups excluding carboxylic acids is 2. The predicted molar refractivity (Wildman–Crippen MR) is 68.2 cm³/mol. The van der Waals surface area contributed by atoms with Gasteiger partial charge in [0.1, 0.15) is 12.1 Å². The molecule has 0 atom stereocenters. The number of carbonyl (C=O) groups is 2. The van der Waals surface area contributed by atoms with Crippen LogP contribution in [-0.4, -0.2) is 51.1 Å². The molecule has 0 aliphatic heterocycles. The molecule has 0 radical (unpaired) electrons. The lowest BCUT2D eigenvalue weighted by Gasteiger charge is -2.24. The highest BCUT2D eigenvalue weighted by Crippen LogP contribution is 2.18. The zero-order valence-corrected chi connectivity index (χ0v) is 11.8. The minimum Gasteiger partial charge on any atom is -0.492 e. The summed E-state index contributed by atoms with van der Waals surface area (Å²) in [7, 11) is 1.37. The summed E-state index contributed by atoms with van der Waals surface area (Å²) in [6.07, 6.45) is -0.685. The summed E-state index contributed by atoms with van der Waals surface area (Å²) in [6, 6.07) is 2.31. The van der Waals surface area contributed by atoms with E-state index in [2.05, 4.69) is 0 Å². The lowest BCUT2D eigenvalue weighted by Crippen LogP contribution is -2.39. The van der Waals surface area contributed by atoms with Gasteiger partial charge in [-0.05, 0) is 20.8 Å². The van der Waals surface area contributed by atoms with E-state index in [0.717, 1.165) is 17.0 Å². The van der Waals surface area contributed by atoms with Crippen LogP contribution in [0, 0.1) is 0 Å². The molecule has 0 aliphatic carbocycles. The summed E-state index contributed by atoms with van der Waals surface area (Å²) < 4.78 is 5.60. The van der Waals surface area contributed by atoms with E-state index in [1.165, 1.54) is 7.05 Å². The van der Waals surface area contributed by atoms with Crippen molar-refractivity contribution >= 4 is 12.1 Å². The van der Waals surface area contributed by atoms with E-state index in [0.29, 0.717) is 4.73 Å². The molecule has 1 aromatic rings. The van der Waals surface area contributed by atoms with Crippen LogP contribution in [-0.2, 0) is 9.53 Å². The zero-order chi connectivity index (χ0) is 15.5. The number of rotatable bonds is 3. The summed E-state index contributed by atoms with van der Waals surface area (Å²) in [5.41, 5.74) is -0.674. The van der Waals surface area contributed by atoms with Crippen molar-refractivity contribution in [1.29, 1.82) is 0 Å². The van der Waals surface area contributed by atoms with Gasteiger partial charge >= 0.3 is 12.1 Å². The van der Waals surface area contributed by atoms with Gasteiger partial charge in [0.2, 0.25) is 11.8 Å². The van der Waals surface area contributed by atoms with Gasteiger partial charge in [-0.2, -0.15) is 0 Å². The zero-order valence-electron chi connectivity index (χ0n) is 11.8. The average molecular weight is 286 g/mol. The highest BCUT2D eigenvalue weighted by molar-refractivity contribution is 5.78. The van der Waals surface area contributed by atoms with Crippen molar-refractivity contribution in [3.05, 3.63) is 12.1 Å². The molecule has 0 bridgehead atoms. The van der Waals surface area contributed by atoms with E-state index in [-0.39, 0.29) is 0 Å². The Labute approximate surface area is 116 Å². The molecule has 1 rings (SSSR count). The Morgan fingerprint density at radius 1 is 1.25 bits per heavy atom. The molecule has 0 saturated carbocycles. The molecule has 0 fully saturated rings. The Morgan fingerprint density at radius 3 is 2.20 bits per heavy atom. The smallest absolute Gasteiger partial charge is 0.410 e. The summed E-state index contributed by atoms with van der Waals surface area (Å²) in [5.74, 6) is -1.72. The number of amides is 1. The topological polar surface area (TPSA) is 101 Å². The highest BCUT2D eigenvalue weighted by Gasteiger charge is 2.22. The first-order chi connectivity index (χ1) is 9.10. The van der Waals surface area contributed by atoms with Crippen LogP contribution < -0.4 is 4.84 Å². The van der Waals surface area contributed by atoms with E-state index >= 15 is 0 Å². The van der Waals surface area contributed by atoms with Gasteiger partial charge in [-0.3, -0.25) is 0 Å². The molecule has 0 saturated heterocycles. The fourth-order valence-corrected chi connectivity index (χ4v) is 1.22. The van der Waals surface area contributed by atoms with Crippen molar-refractivity contribution in [3.8, 4) is 11.8 Å². The highest BCUT2D eigenvalue weighted by atomic mass is 16.7. The van der Waals surface area contributed by atoms with Crippen molar-refractivity contribution in [2.75, 3.05) is 13.6 Å². The Kier molecular flexibility index (Phi) is 4.49. The van der Waals surface area contributed by atoms with Crippen molar-refractivity contribution in [1.82, 2.24) is 9.63 Å². The summed E-state index contributed by atoms with van der Waals surface area (Å²) in [4.78, 5) is 28.9. The van der Waals surface area contributed by atoms with Crippen LogP contribution in [0.3, 0.4) is 0 Å². The van der Waals surface area contributed by atoms with Gasteiger partial charge in [-0.15, -0.1) is 4.73 Å². The lowest BCUT2D eigenvalue weighted by atomic mass is 10.2. The third-order valence-electron chi connectivity index (χ3n) is 2.06. The Morgan fingerprint density at radius 2 is 1.75 bits per heavy atom. The van der Waals surface area contributed by atoms with E-state index in [9.17, 15) is 19.8 Å². The van der Waals surface area contributed by atoms with Crippen LogP contribution in [0.5, 0.6) is 11.8 Å². The van der Waals surface area contributed by atoms with Crippen LogP contribution in [0.25, 0.3) is 0 Å². The number of hydrogen-bond donors (Lipinski definition) is 2. The molecular formula is C12H18N2O6. The van der Waals surface area contributed by atoms with Crippen molar-refractivity contribution in [2.45, 2.75) is 26.4 Å². The third kappa shape index (κ3) is 4.38. The maximum atomic E-state index is 11.6. The first-order valence-corrected chi connectivity index (χ1v) is 5.85. The van der Waals surface area contributed by atoms with Gasteiger partial charge in [-0.25, -0.2) is 9.59 Å². The predicted octanol–water partition coefficient (Wildman–Crippen LogP) is 0.721. The normalized spacial score (nSPS) is 11.0. The van der Waals surface area contributed by atoms with Crippen molar-refractivity contribution in [2.24, 2.45) is 0 Å². The first-order valence-electron chi connectivity index (χ1n) is 5.85. The Balaban J connectivity index is 2.56. The molecule has 0 aliphatic rings. The van der Waals surface area contributed by atoms with Gasteiger partial charge < -0.3 is 24.7 Å². The number of aromatic hydroxyl groups is 2. The van der Waals surface area contributed by atoms with E-state index < -0.39 is 36.0 Å². The van der Waals surface area contributed by atoms with E-state index in [4.69, 9.17) is 9.57 Å². The molecule has 0 aromatic carbocycles. The molecule has 1 amide bonds. The van der Waals surface area contributed by atoms with Gasteiger partial charge in [0, 0.05) is 19.2 Å². The SMILES string of the molecule is CN(CC(=O)On1c(O)ccc1O)C(=O)OC(C)(C)C. The number of likely N-dealkylation sites (N-methyl/N-ethyl adjacent to an activating group) is 1. The molecule has 1 aromatic heterocycles. The summed E-state index contributed by atoms with van der Waals surface area (Å²) >= 11 is 0. The minimum atomic E-state index is -0.847. The van der Waals surface area contributed by atoms with Gasteiger partial charge in [-0.1, -0.05) is 0 Å². The largest absolute Gasteiger partial charge is 0.492 e. The molecule has 112 valence electrons. The molecule has 0 unspecified atom stereocenters. The number of ether oxygens (including phenoxy) is 1. The maximum Gasteiger partial charge on any atom is 0.410 e. The lowest BCUT2D eigenvalue weighted by molar-refractivity contribution is -0.146. The standard InChI is InChI=1S/C12H18N2O6/c1-12(2,3)19-11(18)13(4)7-10(17)20-14-8(15)5-6-9(14)16/h5-6,15-16H,7H2,1-4H3. The fourth-order valence-electron chi connectivity index (χ4n) is 1.22. The Bertz CT molecular complexity index is 483. The van der Waals surface area contributed by atoms with E-state index in [1.54, 1.807) is 20.8 Å². The minimum absolute atomic E-state index is 0.397. The summed E-state index contributed by atoms with van der Waals surface area (Å²) in [5, 5.41) is 18.6. The number of aromatic nitrogens is 1. The second-order valence-electron chi connectivity index (χ2n) is 5.14. The van der Waals surface area contributed by atoms with Crippen LogP contribution in [0.15, 0.2) is 12.1 Å². The molecule has 8 heteroatoms. The van der Waals surface area contributed by atoms with Gasteiger partial charge in [0.25, 0.3) is 0 Å². The average Bonchev–Trinajstić information content (AvgIpc) is 2.58. The van der Waals surface area contributed by atoms with Gasteiger partial charge in [0.15, 0.2) is 0 Å². The van der Waals surface area contributed by atoms with Crippen LogP contribution in [0.2, 0.25) is 0 Å². The third-order valence-corrected chi connectivity index (χ3v) is 2.06. The first kappa shape index (κ1) is 15.7. The molecule has 0 spiro atoms. The van der Waals surface area contributed by atoms with Crippen LogP contribution >= 0.6 is 0 Å². The second kappa shape index (κ2) is 5.72. The monoisotopic (exact) mass is 286 g/mol. The molecule has 2 N–H and O–H groups in total.